The van der Waals surface area contributed by atoms with Crippen LogP contribution in [0.25, 0.3) is 5.69 Å². The van der Waals surface area contributed by atoms with E-state index in [4.69, 9.17) is 4.74 Å². The van der Waals surface area contributed by atoms with Gasteiger partial charge in [-0.2, -0.15) is 0 Å². The number of halogens is 1. The van der Waals surface area contributed by atoms with Gasteiger partial charge in [-0.15, -0.1) is 17.5 Å². The molecular weight excluding hydrogens is 354 g/mol. The number of carbonyl (C=O) groups excluding carboxylic acids is 1. The second-order valence-corrected chi connectivity index (χ2v) is 6.54. The van der Waals surface area contributed by atoms with Crippen molar-refractivity contribution in [1.82, 2.24) is 25.6 Å². The fraction of sp³-hybridized carbons (Fsp3) is 0.500. The van der Waals surface area contributed by atoms with Crippen LogP contribution in [-0.2, 0) is 6.42 Å². The molecule has 1 saturated heterocycles. The molecule has 0 atom stereocenters. The number of hydrogen-bond acceptors (Lipinski definition) is 5. The van der Waals surface area contributed by atoms with Crippen molar-refractivity contribution >= 4 is 18.3 Å². The Bertz CT molecular complexity index is 726. The van der Waals surface area contributed by atoms with Crippen molar-refractivity contribution in [3.8, 4) is 11.4 Å². The molecule has 1 amide bonds. The molecule has 0 spiro atoms. The highest BCUT2D eigenvalue weighted by Crippen LogP contribution is 2.19. The lowest BCUT2D eigenvalue weighted by Crippen LogP contribution is -2.48. The Kier molecular flexibility index (Phi) is 6.99. The lowest BCUT2D eigenvalue weighted by Gasteiger charge is -2.26. The molecule has 142 valence electrons. The van der Waals surface area contributed by atoms with Crippen molar-refractivity contribution in [1.29, 1.82) is 0 Å². The summed E-state index contributed by atoms with van der Waals surface area (Å²) in [7, 11) is 0. The molecule has 1 aliphatic rings. The van der Waals surface area contributed by atoms with Crippen molar-refractivity contribution in [2.24, 2.45) is 5.92 Å². The molecule has 3 rings (SSSR count). The second kappa shape index (κ2) is 9.00. The molecule has 1 fully saturated rings. The molecule has 1 aromatic carbocycles. The van der Waals surface area contributed by atoms with Gasteiger partial charge in [-0.25, -0.2) is 4.68 Å². The van der Waals surface area contributed by atoms with E-state index >= 15 is 0 Å². The van der Waals surface area contributed by atoms with Gasteiger partial charge in [0.25, 0.3) is 5.91 Å². The van der Waals surface area contributed by atoms with Crippen LogP contribution < -0.4 is 15.4 Å². The third kappa shape index (κ3) is 4.53. The SMILES string of the molecule is CCc1c(C(=O)NCC2CNC2)nnn1-c1ccc(OC(C)C)cc1.Cl. The first-order chi connectivity index (χ1) is 12.1. The van der Waals surface area contributed by atoms with E-state index < -0.39 is 0 Å². The van der Waals surface area contributed by atoms with Gasteiger partial charge in [-0.3, -0.25) is 4.79 Å². The van der Waals surface area contributed by atoms with Gasteiger partial charge in [0.2, 0.25) is 0 Å². The molecule has 2 heterocycles. The minimum Gasteiger partial charge on any atom is -0.491 e. The molecule has 0 radical (unpaired) electrons. The molecule has 2 aromatic rings. The zero-order chi connectivity index (χ0) is 17.8. The Hall–Kier alpha value is -2.12. The zero-order valence-corrected chi connectivity index (χ0v) is 16.2. The monoisotopic (exact) mass is 379 g/mol. The van der Waals surface area contributed by atoms with Gasteiger partial charge in [-0.1, -0.05) is 12.1 Å². The maximum Gasteiger partial charge on any atom is 0.273 e. The summed E-state index contributed by atoms with van der Waals surface area (Å²) in [6, 6.07) is 7.65. The molecule has 0 aliphatic carbocycles. The fourth-order valence-corrected chi connectivity index (χ4v) is 2.75. The van der Waals surface area contributed by atoms with Crippen LogP contribution in [-0.4, -0.2) is 46.6 Å². The van der Waals surface area contributed by atoms with Crippen LogP contribution in [0.3, 0.4) is 0 Å². The van der Waals surface area contributed by atoms with Crippen LogP contribution in [0.5, 0.6) is 5.75 Å². The first-order valence-corrected chi connectivity index (χ1v) is 8.79. The van der Waals surface area contributed by atoms with E-state index in [1.807, 2.05) is 45.0 Å². The van der Waals surface area contributed by atoms with Crippen LogP contribution in [0, 0.1) is 5.92 Å². The van der Waals surface area contributed by atoms with Crippen LogP contribution in [0.15, 0.2) is 24.3 Å². The van der Waals surface area contributed by atoms with E-state index in [9.17, 15) is 4.79 Å². The number of ether oxygens (including phenoxy) is 1. The molecule has 0 unspecified atom stereocenters. The summed E-state index contributed by atoms with van der Waals surface area (Å²) in [4.78, 5) is 12.4. The summed E-state index contributed by atoms with van der Waals surface area (Å²) in [6.07, 6.45) is 0.801. The van der Waals surface area contributed by atoms with E-state index in [0.29, 0.717) is 24.6 Å². The fourth-order valence-electron chi connectivity index (χ4n) is 2.75. The third-order valence-corrected chi connectivity index (χ3v) is 4.18. The summed E-state index contributed by atoms with van der Waals surface area (Å²) in [6.45, 7) is 8.56. The van der Waals surface area contributed by atoms with Crippen LogP contribution in [0.4, 0.5) is 0 Å². The molecular formula is C18H26ClN5O2. The Morgan fingerprint density at radius 3 is 2.58 bits per heavy atom. The Morgan fingerprint density at radius 1 is 1.35 bits per heavy atom. The van der Waals surface area contributed by atoms with Gasteiger partial charge in [0.1, 0.15) is 5.75 Å². The number of nitrogens with one attached hydrogen (secondary N) is 2. The van der Waals surface area contributed by atoms with Crippen LogP contribution in [0.2, 0.25) is 0 Å². The maximum atomic E-state index is 12.4. The highest BCUT2D eigenvalue weighted by atomic mass is 35.5. The summed E-state index contributed by atoms with van der Waals surface area (Å²) < 4.78 is 7.38. The third-order valence-electron chi connectivity index (χ3n) is 4.18. The quantitative estimate of drug-likeness (QED) is 0.768. The van der Waals surface area contributed by atoms with Gasteiger partial charge >= 0.3 is 0 Å². The van der Waals surface area contributed by atoms with E-state index in [1.165, 1.54) is 0 Å². The zero-order valence-electron chi connectivity index (χ0n) is 15.4. The Labute approximate surface area is 159 Å². The lowest BCUT2D eigenvalue weighted by molar-refractivity contribution is 0.0936. The normalized spacial score (nSPS) is 13.8. The number of carbonyl (C=O) groups is 1. The standard InChI is InChI=1S/C18H25N5O2.ClH/c1-4-16-17(18(24)20-11-13-9-19-10-13)21-22-23(16)14-5-7-15(8-6-14)25-12(2)3;/h5-8,12-13,19H,4,9-11H2,1-3H3,(H,20,24);1H. The van der Waals surface area contributed by atoms with Crippen molar-refractivity contribution in [3.63, 3.8) is 0 Å². The van der Waals surface area contributed by atoms with Gasteiger partial charge in [-0.05, 0) is 44.5 Å². The highest BCUT2D eigenvalue weighted by molar-refractivity contribution is 5.93. The Morgan fingerprint density at radius 2 is 2.04 bits per heavy atom. The van der Waals surface area contributed by atoms with E-state index in [0.717, 1.165) is 30.2 Å². The van der Waals surface area contributed by atoms with Gasteiger partial charge in [0.05, 0.1) is 17.5 Å². The van der Waals surface area contributed by atoms with Crippen molar-refractivity contribution < 1.29 is 9.53 Å². The summed E-state index contributed by atoms with van der Waals surface area (Å²) in [5.41, 5.74) is 2.07. The molecule has 1 aromatic heterocycles. The first-order valence-electron chi connectivity index (χ1n) is 8.79. The first kappa shape index (κ1) is 20.2. The average Bonchev–Trinajstić information content (AvgIpc) is 2.97. The van der Waals surface area contributed by atoms with Crippen molar-refractivity contribution in [2.45, 2.75) is 33.3 Å². The molecule has 8 heteroatoms. The topological polar surface area (TPSA) is 81.1 Å². The minimum absolute atomic E-state index is 0. The highest BCUT2D eigenvalue weighted by Gasteiger charge is 2.22. The number of aromatic nitrogens is 3. The number of rotatable bonds is 7. The molecule has 0 bridgehead atoms. The molecule has 26 heavy (non-hydrogen) atoms. The Balaban J connectivity index is 0.00000243. The van der Waals surface area contributed by atoms with Crippen molar-refractivity contribution in [3.05, 3.63) is 35.7 Å². The molecule has 7 nitrogen and oxygen atoms in total. The number of amides is 1. The predicted molar refractivity (Wildman–Crippen MR) is 102 cm³/mol. The van der Waals surface area contributed by atoms with E-state index in [1.54, 1.807) is 4.68 Å². The van der Waals surface area contributed by atoms with E-state index in [2.05, 4.69) is 20.9 Å². The summed E-state index contributed by atoms with van der Waals surface area (Å²) >= 11 is 0. The van der Waals surface area contributed by atoms with Crippen LogP contribution >= 0.6 is 12.4 Å². The van der Waals surface area contributed by atoms with E-state index in [-0.39, 0.29) is 24.4 Å². The number of benzene rings is 1. The predicted octanol–water partition coefficient (Wildman–Crippen LogP) is 1.99. The lowest BCUT2D eigenvalue weighted by atomic mass is 10.0. The summed E-state index contributed by atoms with van der Waals surface area (Å²) in [5.74, 6) is 1.16. The summed E-state index contributed by atoms with van der Waals surface area (Å²) in [5, 5.41) is 14.4. The number of nitrogens with zero attached hydrogens (tertiary/aromatic N) is 3. The van der Waals surface area contributed by atoms with Gasteiger partial charge in [0, 0.05) is 25.6 Å². The molecule has 2 N–H and O–H groups in total. The second-order valence-electron chi connectivity index (χ2n) is 6.54. The largest absolute Gasteiger partial charge is 0.491 e. The minimum atomic E-state index is -0.158. The smallest absolute Gasteiger partial charge is 0.273 e. The molecule has 0 saturated carbocycles. The molecule has 1 aliphatic heterocycles. The van der Waals surface area contributed by atoms with Gasteiger partial charge < -0.3 is 15.4 Å². The van der Waals surface area contributed by atoms with Crippen molar-refractivity contribution in [2.75, 3.05) is 19.6 Å². The van der Waals surface area contributed by atoms with Crippen LogP contribution in [0.1, 0.15) is 37.0 Å². The van der Waals surface area contributed by atoms with Gasteiger partial charge in [0.15, 0.2) is 5.69 Å². The maximum absolute atomic E-state index is 12.4. The average molecular weight is 380 g/mol. The number of hydrogen-bond donors (Lipinski definition) is 2.